The maximum atomic E-state index is 5.04. The van der Waals surface area contributed by atoms with Crippen LogP contribution in [0.1, 0.15) is 33.6 Å². The van der Waals surface area contributed by atoms with Crippen LogP contribution in [0.4, 0.5) is 0 Å². The average molecular weight is 764 g/mol. The van der Waals surface area contributed by atoms with Gasteiger partial charge in [-0.1, -0.05) is 212 Å². The Hall–Kier alpha value is -8.01. The van der Waals surface area contributed by atoms with Gasteiger partial charge < -0.3 is 0 Å². The Labute approximate surface area is 350 Å². The van der Waals surface area contributed by atoms with Gasteiger partial charge >= 0.3 is 0 Å². The molecule has 0 fully saturated rings. The summed E-state index contributed by atoms with van der Waals surface area (Å²) in [4.78, 5) is 14.4. The molecule has 0 N–H and O–H groups in total. The van der Waals surface area contributed by atoms with E-state index in [1.807, 2.05) is 0 Å². The highest BCUT2D eigenvalue weighted by atomic mass is 15.0. The van der Waals surface area contributed by atoms with Crippen molar-refractivity contribution in [1.82, 2.24) is 15.0 Å². The van der Waals surface area contributed by atoms with Crippen LogP contribution in [0, 0.1) is 0 Å². The van der Waals surface area contributed by atoms with Gasteiger partial charge in [-0.05, 0) is 77.9 Å². The minimum Gasteiger partial charge on any atom is -0.225 e. The highest BCUT2D eigenvalue weighted by Gasteiger charge is 2.45. The van der Waals surface area contributed by atoms with Crippen LogP contribution in [0.15, 0.2) is 231 Å². The lowest BCUT2D eigenvalue weighted by Crippen LogP contribution is -2.05. The van der Waals surface area contributed by atoms with Crippen LogP contribution >= 0.6 is 0 Å². The molecule has 0 unspecified atom stereocenters. The molecule has 9 aromatic rings. The van der Waals surface area contributed by atoms with Gasteiger partial charge in [0.2, 0.25) is 0 Å². The molecule has 0 radical (unpaired) electrons. The van der Waals surface area contributed by atoms with Gasteiger partial charge in [-0.15, -0.1) is 0 Å². The molecule has 0 atom stereocenters. The van der Waals surface area contributed by atoms with Crippen LogP contribution in [0.5, 0.6) is 0 Å². The summed E-state index contributed by atoms with van der Waals surface area (Å²) in [6.07, 6.45) is 3.26. The Morgan fingerprint density at radius 1 is 0.200 bits per heavy atom. The van der Waals surface area contributed by atoms with Crippen molar-refractivity contribution in [3.05, 3.63) is 264 Å². The van der Waals surface area contributed by atoms with Crippen LogP contribution in [-0.2, 0) is 0 Å². The molecule has 1 heterocycles. The van der Waals surface area contributed by atoms with Crippen molar-refractivity contribution >= 4 is 27.9 Å². The molecule has 2 aliphatic carbocycles. The second-order valence-electron chi connectivity index (χ2n) is 15.0. The number of benzene rings is 8. The van der Waals surface area contributed by atoms with Gasteiger partial charge in [-0.25, -0.2) is 15.0 Å². The van der Waals surface area contributed by atoms with Gasteiger partial charge in [-0.3, -0.25) is 0 Å². The SMILES string of the molecule is c1ccc(C2=C(c3ccccc3)C(c3ccccc3)=C3C2=C(c2ncncn2)c2c3c(-c3ccccc3)c(-c3ccccc3)c(-c3ccccc3)c2-c2ccccc2)cc1. The molecule has 2 aliphatic rings. The standard InChI is InChI=1S/C57H37N3/c1-8-22-38(23-9-1)45-46(39-24-10-2-11-25-39)50(43-32-18-6-19-33-43)54-52(48(45)41-28-14-4-15-29-41)53-49(42-30-16-5-17-31-42)47(40-26-12-3-13-27-40)51(44-34-20-7-21-35-44)55(53)56(54)57-59-36-58-37-60-57/h1-37H. The first-order valence-electron chi connectivity index (χ1n) is 20.4. The summed E-state index contributed by atoms with van der Waals surface area (Å²) in [5.41, 5.74) is 21.7. The van der Waals surface area contributed by atoms with Gasteiger partial charge in [0.15, 0.2) is 5.82 Å². The number of fused-ring (bicyclic) bond motifs is 3. The fraction of sp³-hybridized carbons (Fsp3) is 0. The molecule has 0 bridgehead atoms. The molecular formula is C57H37N3. The van der Waals surface area contributed by atoms with Crippen molar-refractivity contribution in [2.45, 2.75) is 0 Å². The third kappa shape index (κ3) is 5.79. The van der Waals surface area contributed by atoms with Gasteiger partial charge in [0.1, 0.15) is 12.7 Å². The highest BCUT2D eigenvalue weighted by Crippen LogP contribution is 2.66. The topological polar surface area (TPSA) is 38.7 Å². The summed E-state index contributed by atoms with van der Waals surface area (Å²) in [5, 5.41) is 0. The van der Waals surface area contributed by atoms with E-state index in [0.29, 0.717) is 5.82 Å². The Morgan fingerprint density at radius 3 is 0.783 bits per heavy atom. The Bertz CT molecular complexity index is 3110. The van der Waals surface area contributed by atoms with E-state index in [2.05, 4.69) is 217 Å². The number of allylic oxidation sites excluding steroid dienone is 5. The molecule has 60 heavy (non-hydrogen) atoms. The molecule has 1 aromatic heterocycles. The third-order valence-electron chi connectivity index (χ3n) is 11.7. The maximum Gasteiger partial charge on any atom is 0.163 e. The van der Waals surface area contributed by atoms with E-state index in [4.69, 9.17) is 9.97 Å². The van der Waals surface area contributed by atoms with Crippen molar-refractivity contribution in [3.63, 3.8) is 0 Å². The quantitative estimate of drug-likeness (QED) is 0.155. The summed E-state index contributed by atoms with van der Waals surface area (Å²) >= 11 is 0. The first kappa shape index (κ1) is 35.2. The molecule has 0 saturated heterocycles. The molecule has 0 saturated carbocycles. The summed E-state index contributed by atoms with van der Waals surface area (Å²) in [7, 11) is 0. The van der Waals surface area contributed by atoms with Crippen LogP contribution in [-0.4, -0.2) is 15.0 Å². The van der Waals surface area contributed by atoms with Gasteiger partial charge in [0, 0.05) is 27.8 Å². The number of rotatable bonds is 8. The largest absolute Gasteiger partial charge is 0.225 e. The number of hydrogen-bond acceptors (Lipinski definition) is 3. The molecule has 0 amide bonds. The maximum absolute atomic E-state index is 5.04. The first-order valence-corrected chi connectivity index (χ1v) is 20.4. The van der Waals surface area contributed by atoms with E-state index >= 15 is 0 Å². The molecule has 8 aromatic carbocycles. The summed E-state index contributed by atoms with van der Waals surface area (Å²) in [5.74, 6) is 0.633. The van der Waals surface area contributed by atoms with E-state index in [1.165, 1.54) is 33.4 Å². The van der Waals surface area contributed by atoms with Crippen LogP contribution in [0.2, 0.25) is 0 Å². The number of aromatic nitrogens is 3. The van der Waals surface area contributed by atoms with Gasteiger partial charge in [-0.2, -0.15) is 0 Å². The average Bonchev–Trinajstić information content (AvgIpc) is 3.86. The van der Waals surface area contributed by atoms with Crippen LogP contribution < -0.4 is 0 Å². The van der Waals surface area contributed by atoms with E-state index in [9.17, 15) is 0 Å². The summed E-state index contributed by atoms with van der Waals surface area (Å²) < 4.78 is 0. The van der Waals surface area contributed by atoms with E-state index in [-0.39, 0.29) is 0 Å². The van der Waals surface area contributed by atoms with Gasteiger partial charge in [0.05, 0.1) is 0 Å². The zero-order chi connectivity index (χ0) is 39.8. The van der Waals surface area contributed by atoms with Crippen molar-refractivity contribution < 1.29 is 0 Å². The van der Waals surface area contributed by atoms with E-state index < -0.39 is 0 Å². The Kier molecular flexibility index (Phi) is 8.83. The normalized spacial score (nSPS) is 13.1. The minimum absolute atomic E-state index is 0.633. The first-order chi connectivity index (χ1) is 29.9. The third-order valence-corrected chi connectivity index (χ3v) is 11.7. The van der Waals surface area contributed by atoms with Crippen molar-refractivity contribution in [2.24, 2.45) is 0 Å². The molecular weight excluding hydrogens is 727 g/mol. The monoisotopic (exact) mass is 763 g/mol. The number of nitrogens with zero attached hydrogens (tertiary/aromatic N) is 3. The lowest BCUT2D eigenvalue weighted by Gasteiger charge is -2.27. The van der Waals surface area contributed by atoms with Crippen LogP contribution in [0.25, 0.3) is 72.4 Å². The van der Waals surface area contributed by atoms with Crippen LogP contribution in [0.3, 0.4) is 0 Å². The zero-order valence-corrected chi connectivity index (χ0v) is 32.7. The lowest BCUT2D eigenvalue weighted by atomic mass is 9.75. The van der Waals surface area contributed by atoms with Crippen molar-refractivity contribution in [3.8, 4) is 44.5 Å². The molecule has 0 spiro atoms. The fourth-order valence-corrected chi connectivity index (χ4v) is 9.35. The highest BCUT2D eigenvalue weighted by molar-refractivity contribution is 6.41. The summed E-state index contributed by atoms with van der Waals surface area (Å²) in [6, 6.07) is 76.3. The second-order valence-corrected chi connectivity index (χ2v) is 15.0. The Morgan fingerprint density at radius 2 is 0.450 bits per heavy atom. The predicted octanol–water partition coefficient (Wildman–Crippen LogP) is 13.9. The molecule has 11 rings (SSSR count). The fourth-order valence-electron chi connectivity index (χ4n) is 9.35. The van der Waals surface area contributed by atoms with Gasteiger partial charge in [0.25, 0.3) is 0 Å². The Balaban J connectivity index is 1.46. The van der Waals surface area contributed by atoms with E-state index in [1.54, 1.807) is 12.7 Å². The van der Waals surface area contributed by atoms with Crippen molar-refractivity contribution in [1.29, 1.82) is 0 Å². The predicted molar refractivity (Wildman–Crippen MR) is 247 cm³/mol. The summed E-state index contributed by atoms with van der Waals surface area (Å²) in [6.45, 7) is 0. The molecule has 3 nitrogen and oxygen atoms in total. The van der Waals surface area contributed by atoms with E-state index in [0.717, 1.165) is 72.4 Å². The smallest absolute Gasteiger partial charge is 0.163 e. The zero-order valence-electron chi connectivity index (χ0n) is 32.7. The number of hydrogen-bond donors (Lipinski definition) is 0. The molecule has 0 aliphatic heterocycles. The lowest BCUT2D eigenvalue weighted by molar-refractivity contribution is 1.02. The second kappa shape index (κ2) is 15.1. The minimum atomic E-state index is 0.633. The van der Waals surface area contributed by atoms with Crippen molar-refractivity contribution in [2.75, 3.05) is 0 Å². The molecule has 280 valence electrons. The molecule has 3 heteroatoms.